The monoisotopic (exact) mass is 186 g/mol. The van der Waals surface area contributed by atoms with Crippen LogP contribution in [0.4, 0.5) is 0 Å². The molecule has 1 atom stereocenters. The van der Waals surface area contributed by atoms with E-state index in [4.69, 9.17) is 0 Å². The third-order valence-corrected chi connectivity index (χ3v) is 3.57. The summed E-state index contributed by atoms with van der Waals surface area (Å²) < 4.78 is 0. The van der Waals surface area contributed by atoms with Crippen LogP contribution in [-0.2, 0) is 0 Å². The van der Waals surface area contributed by atoms with Crippen molar-refractivity contribution in [3.05, 3.63) is 0 Å². The molecule has 0 amide bonds. The Hall–Kier alpha value is 0.430. The van der Waals surface area contributed by atoms with Gasteiger partial charge in [0.2, 0.25) is 0 Å². The zero-order valence-electron chi connectivity index (χ0n) is 8.44. The van der Waals surface area contributed by atoms with E-state index in [0.717, 1.165) is 0 Å². The molecule has 0 nitrogen and oxygen atoms in total. The van der Waals surface area contributed by atoms with Gasteiger partial charge in [-0.15, -0.1) is 9.24 Å². The summed E-state index contributed by atoms with van der Waals surface area (Å²) in [5.41, 5.74) is 0. The van der Waals surface area contributed by atoms with Crippen LogP contribution in [0, 0.1) is 0 Å². The maximum atomic E-state index is 3.06. The smallest absolute Gasteiger partial charge is 0.0178 e. The van der Waals surface area contributed by atoms with Crippen molar-refractivity contribution in [1.29, 1.82) is 0 Å². The normalized spacial score (nSPS) is 26.5. The zero-order chi connectivity index (χ0) is 8.86. The summed E-state index contributed by atoms with van der Waals surface area (Å²) in [5, 5.41) is 0.553. The van der Waals surface area contributed by atoms with Crippen LogP contribution in [0.1, 0.15) is 64.7 Å². The average molecular weight is 186 g/mol. The molecule has 0 spiro atoms. The lowest BCUT2D eigenvalue weighted by Gasteiger charge is -2.25. The highest BCUT2D eigenvalue weighted by molar-refractivity contribution is 7.18. The van der Waals surface area contributed by atoms with Crippen LogP contribution in [0.2, 0.25) is 0 Å². The third kappa shape index (κ3) is 4.45. The molecule has 0 heterocycles. The number of hydrogen-bond donors (Lipinski definition) is 0. The lowest BCUT2D eigenvalue weighted by Crippen LogP contribution is -2.15. The number of hydrogen-bond acceptors (Lipinski definition) is 0. The fourth-order valence-corrected chi connectivity index (χ4v) is 2.47. The van der Waals surface area contributed by atoms with Crippen LogP contribution in [-0.4, -0.2) is 5.16 Å². The second-order valence-electron chi connectivity index (χ2n) is 4.63. The topological polar surface area (TPSA) is 0 Å². The van der Waals surface area contributed by atoms with E-state index in [0.29, 0.717) is 5.16 Å². The molecule has 0 aromatic carbocycles. The van der Waals surface area contributed by atoms with Gasteiger partial charge in [-0.3, -0.25) is 0 Å². The van der Waals surface area contributed by atoms with E-state index < -0.39 is 0 Å². The Balaban J connectivity index is 2.27. The molecule has 0 radical (unpaired) electrons. The fraction of sp³-hybridized carbons (Fsp3) is 1.00. The van der Waals surface area contributed by atoms with Crippen LogP contribution >= 0.6 is 9.24 Å². The molecule has 0 saturated heterocycles. The average Bonchev–Trinajstić information content (AvgIpc) is 2.02. The van der Waals surface area contributed by atoms with Crippen LogP contribution in [0.3, 0.4) is 0 Å². The van der Waals surface area contributed by atoms with E-state index in [1.807, 2.05) is 0 Å². The van der Waals surface area contributed by atoms with E-state index in [1.54, 1.807) is 0 Å². The molecular weight excluding hydrogens is 163 g/mol. The molecular formula is C11H23P. The van der Waals surface area contributed by atoms with E-state index in [-0.39, 0.29) is 0 Å². The first kappa shape index (κ1) is 10.5. The SMILES string of the molecule is CC1(P)CCCCCCCCC1. The van der Waals surface area contributed by atoms with Gasteiger partial charge in [0.25, 0.3) is 0 Å². The Labute approximate surface area is 79.7 Å². The first-order valence-corrected chi connectivity index (χ1v) is 6.07. The van der Waals surface area contributed by atoms with Gasteiger partial charge in [0.05, 0.1) is 0 Å². The molecule has 1 aliphatic rings. The Bertz CT molecular complexity index is 106. The van der Waals surface area contributed by atoms with Crippen molar-refractivity contribution in [1.82, 2.24) is 0 Å². The van der Waals surface area contributed by atoms with Crippen molar-refractivity contribution in [2.45, 2.75) is 69.9 Å². The predicted octanol–water partition coefficient (Wildman–Crippen LogP) is 4.14. The van der Waals surface area contributed by atoms with Gasteiger partial charge < -0.3 is 0 Å². The lowest BCUT2D eigenvalue weighted by atomic mass is 9.93. The second kappa shape index (κ2) is 5.22. The van der Waals surface area contributed by atoms with Gasteiger partial charge >= 0.3 is 0 Å². The third-order valence-electron chi connectivity index (χ3n) is 3.00. The highest BCUT2D eigenvalue weighted by Crippen LogP contribution is 2.32. The Kier molecular flexibility index (Phi) is 4.57. The summed E-state index contributed by atoms with van der Waals surface area (Å²) in [5.74, 6) is 0. The van der Waals surface area contributed by atoms with Crippen LogP contribution < -0.4 is 0 Å². The minimum absolute atomic E-state index is 0.553. The van der Waals surface area contributed by atoms with Gasteiger partial charge in [-0.1, -0.05) is 51.9 Å². The molecule has 0 bridgehead atoms. The highest BCUT2D eigenvalue weighted by atomic mass is 31.0. The first-order chi connectivity index (χ1) is 5.71. The van der Waals surface area contributed by atoms with Gasteiger partial charge in [-0.05, 0) is 18.0 Å². The van der Waals surface area contributed by atoms with E-state index in [9.17, 15) is 0 Å². The van der Waals surface area contributed by atoms with Crippen molar-refractivity contribution in [2.75, 3.05) is 0 Å². The minimum Gasteiger partial charge on any atom is -0.131 e. The molecule has 0 aliphatic heterocycles. The van der Waals surface area contributed by atoms with Gasteiger partial charge in [-0.2, -0.15) is 0 Å². The zero-order valence-corrected chi connectivity index (χ0v) is 9.60. The molecule has 1 rings (SSSR count). The van der Waals surface area contributed by atoms with Crippen molar-refractivity contribution < 1.29 is 0 Å². The molecule has 1 unspecified atom stereocenters. The van der Waals surface area contributed by atoms with Crippen LogP contribution in [0.15, 0.2) is 0 Å². The van der Waals surface area contributed by atoms with Gasteiger partial charge in [-0.25, -0.2) is 0 Å². The standard InChI is InChI=1S/C11H23P/c1-11(12)9-7-5-3-2-4-6-8-10-11/h2-10,12H2,1H3. The highest BCUT2D eigenvalue weighted by Gasteiger charge is 2.17. The van der Waals surface area contributed by atoms with Crippen LogP contribution in [0.5, 0.6) is 0 Å². The molecule has 12 heavy (non-hydrogen) atoms. The predicted molar refractivity (Wildman–Crippen MR) is 59.7 cm³/mol. The van der Waals surface area contributed by atoms with Crippen molar-refractivity contribution >= 4 is 9.24 Å². The van der Waals surface area contributed by atoms with E-state index in [2.05, 4.69) is 16.2 Å². The van der Waals surface area contributed by atoms with Gasteiger partial charge in [0, 0.05) is 0 Å². The molecule has 1 heteroatoms. The molecule has 0 aromatic rings. The summed E-state index contributed by atoms with van der Waals surface area (Å²) in [4.78, 5) is 0. The quantitative estimate of drug-likeness (QED) is 0.499. The summed E-state index contributed by atoms with van der Waals surface area (Å²) in [6.07, 6.45) is 13.1. The summed E-state index contributed by atoms with van der Waals surface area (Å²) >= 11 is 0. The van der Waals surface area contributed by atoms with Gasteiger partial charge in [0.1, 0.15) is 0 Å². The molecule has 72 valence electrons. The molecule has 1 saturated carbocycles. The molecule has 0 aromatic heterocycles. The Morgan fingerprint density at radius 2 is 1.08 bits per heavy atom. The summed E-state index contributed by atoms with van der Waals surface area (Å²) in [6, 6.07) is 0. The molecule has 1 aliphatic carbocycles. The lowest BCUT2D eigenvalue weighted by molar-refractivity contribution is 0.445. The van der Waals surface area contributed by atoms with E-state index >= 15 is 0 Å². The molecule has 0 N–H and O–H groups in total. The maximum absolute atomic E-state index is 3.06. The Morgan fingerprint density at radius 3 is 1.50 bits per heavy atom. The maximum Gasteiger partial charge on any atom is -0.0178 e. The van der Waals surface area contributed by atoms with Crippen molar-refractivity contribution in [2.24, 2.45) is 0 Å². The fourth-order valence-electron chi connectivity index (χ4n) is 2.07. The molecule has 1 fully saturated rings. The first-order valence-electron chi connectivity index (χ1n) is 5.50. The van der Waals surface area contributed by atoms with E-state index in [1.165, 1.54) is 57.8 Å². The van der Waals surface area contributed by atoms with Crippen LogP contribution in [0.25, 0.3) is 0 Å². The van der Waals surface area contributed by atoms with Crippen molar-refractivity contribution in [3.63, 3.8) is 0 Å². The second-order valence-corrected chi connectivity index (χ2v) is 6.02. The Morgan fingerprint density at radius 1 is 0.750 bits per heavy atom. The summed E-state index contributed by atoms with van der Waals surface area (Å²) in [7, 11) is 3.06. The largest absolute Gasteiger partial charge is 0.131 e. The number of rotatable bonds is 0. The van der Waals surface area contributed by atoms with Crippen molar-refractivity contribution in [3.8, 4) is 0 Å². The van der Waals surface area contributed by atoms with Gasteiger partial charge in [0.15, 0.2) is 0 Å². The minimum atomic E-state index is 0.553. The summed E-state index contributed by atoms with van der Waals surface area (Å²) in [6.45, 7) is 2.40.